The molecule has 0 unspecified atom stereocenters. The lowest BCUT2D eigenvalue weighted by Crippen LogP contribution is -2.41. The largest absolute Gasteiger partial charge is 0.383 e. The van der Waals surface area contributed by atoms with Gasteiger partial charge in [-0.3, -0.25) is 19.1 Å². The first kappa shape index (κ1) is 20.1. The van der Waals surface area contributed by atoms with Crippen molar-refractivity contribution in [3.63, 3.8) is 0 Å². The minimum absolute atomic E-state index is 0.00565. The first-order valence-corrected chi connectivity index (χ1v) is 9.22. The third-order valence-electron chi connectivity index (χ3n) is 4.79. The molecular weight excluding hydrogens is 374 g/mol. The number of benzene rings is 1. The molecule has 1 aromatic carbocycles. The molecule has 0 spiro atoms. The van der Waals surface area contributed by atoms with Crippen LogP contribution in [0.2, 0.25) is 0 Å². The lowest BCUT2D eigenvalue weighted by molar-refractivity contribution is -0.118. The molecule has 1 amide bonds. The van der Waals surface area contributed by atoms with Gasteiger partial charge in [0.15, 0.2) is 5.69 Å². The number of nitrogens with two attached hydrogens (primary N) is 1. The highest BCUT2D eigenvalue weighted by Gasteiger charge is 2.25. The molecule has 2 aromatic heterocycles. The molecule has 0 aliphatic rings. The number of aromatic amines is 1. The Kier molecular flexibility index (Phi) is 5.67. The zero-order chi connectivity index (χ0) is 21.1. The summed E-state index contributed by atoms with van der Waals surface area (Å²) in [6, 6.07) is 9.23. The van der Waals surface area contributed by atoms with Crippen LogP contribution in [0.25, 0.3) is 0 Å². The van der Waals surface area contributed by atoms with E-state index in [9.17, 15) is 14.4 Å². The fraction of sp³-hybridized carbons (Fsp3) is 0.300. The monoisotopic (exact) mass is 397 g/mol. The van der Waals surface area contributed by atoms with Crippen molar-refractivity contribution in [1.29, 1.82) is 0 Å². The van der Waals surface area contributed by atoms with Gasteiger partial charge >= 0.3 is 5.69 Å². The number of nitrogens with one attached hydrogen (secondary N) is 1. The van der Waals surface area contributed by atoms with Crippen molar-refractivity contribution in [2.24, 2.45) is 0 Å². The Hall–Kier alpha value is -3.62. The SMILES string of the molecule is CCN(C(=O)Cc1c(C)noc1C)c1c(N)n(Cc2ccccc2)c(=O)[nH]c1=O. The molecule has 0 aliphatic heterocycles. The fourth-order valence-electron chi connectivity index (χ4n) is 3.22. The van der Waals surface area contributed by atoms with Gasteiger partial charge in [0.05, 0.1) is 18.7 Å². The first-order chi connectivity index (χ1) is 13.8. The van der Waals surface area contributed by atoms with E-state index >= 15 is 0 Å². The van der Waals surface area contributed by atoms with Crippen molar-refractivity contribution in [2.75, 3.05) is 17.2 Å². The summed E-state index contributed by atoms with van der Waals surface area (Å²) in [6.45, 7) is 5.58. The van der Waals surface area contributed by atoms with Crippen LogP contribution in [-0.4, -0.2) is 27.2 Å². The lowest BCUT2D eigenvalue weighted by Gasteiger charge is -2.23. The topological polar surface area (TPSA) is 127 Å². The summed E-state index contributed by atoms with van der Waals surface area (Å²) in [5.74, 6) is 0.142. The zero-order valence-electron chi connectivity index (χ0n) is 16.6. The Morgan fingerprint density at radius 3 is 2.52 bits per heavy atom. The maximum Gasteiger partial charge on any atom is 0.330 e. The summed E-state index contributed by atoms with van der Waals surface area (Å²) in [4.78, 5) is 41.4. The summed E-state index contributed by atoms with van der Waals surface area (Å²) in [5.41, 5.74) is 6.94. The number of aromatic nitrogens is 3. The predicted octanol–water partition coefficient (Wildman–Crippen LogP) is 1.37. The second-order valence-corrected chi connectivity index (χ2v) is 6.68. The Labute approximate surface area is 166 Å². The van der Waals surface area contributed by atoms with Gasteiger partial charge in [-0.05, 0) is 26.3 Å². The van der Waals surface area contributed by atoms with E-state index in [-0.39, 0.29) is 36.9 Å². The number of carbonyl (C=O) groups excluding carboxylic acids is 1. The van der Waals surface area contributed by atoms with Gasteiger partial charge in [0.1, 0.15) is 11.6 Å². The van der Waals surface area contributed by atoms with E-state index in [1.54, 1.807) is 20.8 Å². The maximum absolute atomic E-state index is 13.0. The number of rotatable bonds is 6. The molecule has 152 valence electrons. The number of nitrogens with zero attached hydrogens (tertiary/aromatic N) is 3. The minimum atomic E-state index is -0.703. The maximum atomic E-state index is 13.0. The van der Waals surface area contributed by atoms with Crippen LogP contribution >= 0.6 is 0 Å². The molecule has 9 heteroatoms. The highest BCUT2D eigenvalue weighted by atomic mass is 16.5. The average Bonchev–Trinajstić information content (AvgIpc) is 3.01. The normalized spacial score (nSPS) is 10.9. The molecule has 0 aliphatic carbocycles. The number of carbonyl (C=O) groups is 1. The first-order valence-electron chi connectivity index (χ1n) is 9.22. The lowest BCUT2D eigenvalue weighted by atomic mass is 10.1. The van der Waals surface area contributed by atoms with Crippen molar-refractivity contribution in [3.8, 4) is 0 Å². The van der Waals surface area contributed by atoms with E-state index in [1.165, 1.54) is 9.47 Å². The van der Waals surface area contributed by atoms with Crippen LogP contribution in [0.3, 0.4) is 0 Å². The highest BCUT2D eigenvalue weighted by molar-refractivity contribution is 5.96. The number of likely N-dealkylation sites (N-methyl/N-ethyl adjacent to an activating group) is 1. The molecule has 29 heavy (non-hydrogen) atoms. The smallest absolute Gasteiger partial charge is 0.330 e. The predicted molar refractivity (Wildman–Crippen MR) is 109 cm³/mol. The van der Waals surface area contributed by atoms with Crippen molar-refractivity contribution in [1.82, 2.24) is 14.7 Å². The Morgan fingerprint density at radius 1 is 1.24 bits per heavy atom. The van der Waals surface area contributed by atoms with Crippen molar-refractivity contribution in [3.05, 3.63) is 73.8 Å². The molecule has 0 atom stereocenters. The molecule has 0 radical (unpaired) electrons. The molecule has 0 saturated carbocycles. The van der Waals surface area contributed by atoms with Crippen LogP contribution in [0.4, 0.5) is 11.5 Å². The molecule has 0 fully saturated rings. The van der Waals surface area contributed by atoms with Gasteiger partial charge in [-0.15, -0.1) is 0 Å². The number of nitrogen functional groups attached to an aromatic ring is 1. The standard InChI is InChI=1S/C20H23N5O4/c1-4-24(16(26)10-15-12(2)23-29-13(15)3)17-18(21)25(20(28)22-19(17)27)11-14-8-6-5-7-9-14/h5-9H,4,10-11,21H2,1-3H3,(H,22,27,28). The van der Waals surface area contributed by atoms with Crippen LogP contribution in [0, 0.1) is 13.8 Å². The van der Waals surface area contributed by atoms with Gasteiger partial charge in [-0.2, -0.15) is 0 Å². The summed E-state index contributed by atoms with van der Waals surface area (Å²) in [7, 11) is 0. The molecule has 0 saturated heterocycles. The van der Waals surface area contributed by atoms with Crippen molar-refractivity contribution in [2.45, 2.75) is 33.7 Å². The van der Waals surface area contributed by atoms with E-state index in [0.29, 0.717) is 17.0 Å². The van der Waals surface area contributed by atoms with Gasteiger partial charge in [-0.25, -0.2) is 4.79 Å². The van der Waals surface area contributed by atoms with Crippen molar-refractivity contribution < 1.29 is 9.32 Å². The van der Waals surface area contributed by atoms with Crippen LogP contribution in [-0.2, 0) is 17.8 Å². The van der Waals surface area contributed by atoms with Crippen LogP contribution in [0.15, 0.2) is 44.4 Å². The van der Waals surface area contributed by atoms with E-state index in [2.05, 4.69) is 10.1 Å². The molecular formula is C20H23N5O4. The quantitative estimate of drug-likeness (QED) is 0.647. The summed E-state index contributed by atoms with van der Waals surface area (Å²) in [5, 5.41) is 3.85. The summed E-state index contributed by atoms with van der Waals surface area (Å²) < 4.78 is 6.35. The highest BCUT2D eigenvalue weighted by Crippen LogP contribution is 2.20. The fourth-order valence-corrected chi connectivity index (χ4v) is 3.22. The minimum Gasteiger partial charge on any atom is -0.383 e. The Bertz CT molecular complexity index is 1120. The number of hydrogen-bond donors (Lipinski definition) is 2. The van der Waals surface area contributed by atoms with Crippen LogP contribution in [0.5, 0.6) is 0 Å². The van der Waals surface area contributed by atoms with Crippen LogP contribution in [0.1, 0.15) is 29.5 Å². The van der Waals surface area contributed by atoms with Crippen molar-refractivity contribution >= 4 is 17.4 Å². The zero-order valence-corrected chi connectivity index (χ0v) is 16.6. The van der Waals surface area contributed by atoms with Gasteiger partial charge in [0.25, 0.3) is 5.56 Å². The molecule has 0 bridgehead atoms. The Morgan fingerprint density at radius 2 is 1.93 bits per heavy atom. The second-order valence-electron chi connectivity index (χ2n) is 6.68. The molecule has 9 nitrogen and oxygen atoms in total. The van der Waals surface area contributed by atoms with Gasteiger partial charge in [0, 0.05) is 12.1 Å². The van der Waals surface area contributed by atoms with E-state index in [1.807, 2.05) is 30.3 Å². The Balaban J connectivity index is 2.01. The van der Waals surface area contributed by atoms with Gasteiger partial charge in [0.2, 0.25) is 5.91 Å². The van der Waals surface area contributed by atoms with E-state index in [0.717, 1.165) is 5.56 Å². The third kappa shape index (κ3) is 3.98. The number of aryl methyl sites for hydroxylation is 2. The number of anilines is 2. The average molecular weight is 397 g/mol. The number of amides is 1. The summed E-state index contributed by atoms with van der Waals surface area (Å²) >= 11 is 0. The van der Waals surface area contributed by atoms with E-state index in [4.69, 9.17) is 10.3 Å². The van der Waals surface area contributed by atoms with Gasteiger partial charge < -0.3 is 15.2 Å². The number of hydrogen-bond acceptors (Lipinski definition) is 6. The number of H-pyrrole nitrogens is 1. The van der Waals surface area contributed by atoms with Gasteiger partial charge in [-0.1, -0.05) is 35.5 Å². The molecule has 3 aromatic rings. The summed E-state index contributed by atoms with van der Waals surface area (Å²) in [6.07, 6.45) is 0.00565. The third-order valence-corrected chi connectivity index (χ3v) is 4.79. The van der Waals surface area contributed by atoms with Crippen LogP contribution < -0.4 is 21.9 Å². The molecule has 3 N–H and O–H groups in total. The van der Waals surface area contributed by atoms with E-state index < -0.39 is 11.2 Å². The molecule has 3 rings (SSSR count). The second kappa shape index (κ2) is 8.17. The molecule has 2 heterocycles.